The van der Waals surface area contributed by atoms with Gasteiger partial charge in [0.15, 0.2) is 0 Å². The lowest BCUT2D eigenvalue weighted by atomic mass is 9.99. The molecule has 4 rings (SSSR count). The molecule has 134 valence electrons. The van der Waals surface area contributed by atoms with Crippen molar-refractivity contribution in [3.63, 3.8) is 0 Å². The number of nitrogens with one attached hydrogen (secondary N) is 2. The van der Waals surface area contributed by atoms with Crippen LogP contribution < -0.4 is 10.6 Å². The minimum absolute atomic E-state index is 0. The van der Waals surface area contributed by atoms with E-state index in [1.54, 1.807) is 0 Å². The quantitative estimate of drug-likeness (QED) is 0.880. The molecule has 2 unspecified atom stereocenters. The minimum atomic E-state index is 0. The zero-order valence-electron chi connectivity index (χ0n) is 14.8. The average molecular weight is 360 g/mol. The van der Waals surface area contributed by atoms with Gasteiger partial charge in [-0.25, -0.2) is 0 Å². The summed E-state index contributed by atoms with van der Waals surface area (Å²) in [6.45, 7) is 4.09. The molecule has 2 saturated heterocycles. The third-order valence-electron chi connectivity index (χ3n) is 5.50. The predicted octanol–water partition coefficient (Wildman–Crippen LogP) is 3.53. The van der Waals surface area contributed by atoms with Crippen LogP contribution in [0.4, 0.5) is 0 Å². The van der Waals surface area contributed by atoms with E-state index in [-0.39, 0.29) is 18.3 Å². The molecule has 2 aliphatic rings. The van der Waals surface area contributed by atoms with E-state index < -0.39 is 0 Å². The maximum Gasteiger partial charge on any atom is 0.253 e. The van der Waals surface area contributed by atoms with Crippen LogP contribution in [0, 0.1) is 13.8 Å². The molecule has 1 amide bonds. The number of aromatic nitrogens is 1. The van der Waals surface area contributed by atoms with Crippen molar-refractivity contribution in [1.29, 1.82) is 0 Å². The van der Waals surface area contributed by atoms with Crippen LogP contribution in [0.1, 0.15) is 47.4 Å². The molecular weight excluding hydrogens is 334 g/mol. The lowest BCUT2D eigenvalue weighted by molar-refractivity contribution is 0.0923. The van der Waals surface area contributed by atoms with Crippen LogP contribution >= 0.6 is 12.4 Å². The number of hydrogen-bond acceptors (Lipinski definition) is 2. The average Bonchev–Trinajstić information content (AvgIpc) is 3.07. The van der Waals surface area contributed by atoms with Crippen LogP contribution in [-0.2, 0) is 0 Å². The maximum absolute atomic E-state index is 12.8. The van der Waals surface area contributed by atoms with E-state index in [0.29, 0.717) is 18.1 Å². The lowest BCUT2D eigenvalue weighted by Gasteiger charge is -2.29. The van der Waals surface area contributed by atoms with Crippen LogP contribution in [0.2, 0.25) is 0 Å². The van der Waals surface area contributed by atoms with Gasteiger partial charge in [0, 0.05) is 35.2 Å². The van der Waals surface area contributed by atoms with Gasteiger partial charge in [0.2, 0.25) is 0 Å². The highest BCUT2D eigenvalue weighted by Crippen LogP contribution is 2.27. The number of halogens is 1. The molecule has 2 fully saturated rings. The van der Waals surface area contributed by atoms with Crippen LogP contribution in [0.25, 0.3) is 5.69 Å². The number of para-hydroxylation sites is 1. The second-order valence-electron chi connectivity index (χ2n) is 7.24. The van der Waals surface area contributed by atoms with Crippen LogP contribution in [0.3, 0.4) is 0 Å². The lowest BCUT2D eigenvalue weighted by Crippen LogP contribution is -2.48. The van der Waals surface area contributed by atoms with E-state index in [1.165, 1.54) is 12.8 Å². The zero-order chi connectivity index (χ0) is 16.7. The number of aryl methyl sites for hydroxylation is 1. The summed E-state index contributed by atoms with van der Waals surface area (Å²) in [6.07, 6.45) is 4.61. The largest absolute Gasteiger partial charge is 0.349 e. The zero-order valence-corrected chi connectivity index (χ0v) is 15.6. The Bertz CT molecular complexity index is 744. The summed E-state index contributed by atoms with van der Waals surface area (Å²) in [7, 11) is 0. The molecule has 2 aromatic rings. The second kappa shape index (κ2) is 7.22. The van der Waals surface area contributed by atoms with Gasteiger partial charge >= 0.3 is 0 Å². The molecule has 0 spiro atoms. The highest BCUT2D eigenvalue weighted by Gasteiger charge is 2.34. The molecule has 3 heterocycles. The van der Waals surface area contributed by atoms with E-state index in [9.17, 15) is 4.79 Å². The molecule has 4 nitrogen and oxygen atoms in total. The fraction of sp³-hybridized carbons (Fsp3) is 0.450. The van der Waals surface area contributed by atoms with Crippen molar-refractivity contribution < 1.29 is 4.79 Å². The normalized spacial score (nSPS) is 24.6. The standard InChI is InChI=1S/C20H25N3O.ClH/c1-13-10-19(14(2)23(13)18-6-4-3-5-7-18)20(24)22-17-11-15-8-9-16(12-17)21-15;/h3-7,10,15-17,21H,8-9,11-12H2,1-2H3,(H,22,24);1H. The smallest absolute Gasteiger partial charge is 0.253 e. The van der Waals surface area contributed by atoms with Gasteiger partial charge < -0.3 is 15.2 Å². The first-order chi connectivity index (χ1) is 11.6. The Morgan fingerprint density at radius 1 is 1.12 bits per heavy atom. The molecule has 2 aliphatic heterocycles. The molecule has 5 heteroatoms. The number of piperidine rings is 1. The Kier molecular flexibility index (Phi) is 5.21. The van der Waals surface area contributed by atoms with E-state index in [0.717, 1.165) is 35.5 Å². The molecule has 2 bridgehead atoms. The Balaban J connectivity index is 0.00000182. The van der Waals surface area contributed by atoms with Gasteiger partial charge in [-0.2, -0.15) is 0 Å². The summed E-state index contributed by atoms with van der Waals surface area (Å²) in [5.74, 6) is 0.0663. The summed E-state index contributed by atoms with van der Waals surface area (Å²) < 4.78 is 2.15. The van der Waals surface area contributed by atoms with Crippen molar-refractivity contribution in [3.8, 4) is 5.69 Å². The Morgan fingerprint density at radius 3 is 2.40 bits per heavy atom. The maximum atomic E-state index is 12.8. The Labute approximate surface area is 155 Å². The number of rotatable bonds is 3. The number of carbonyl (C=O) groups excluding carboxylic acids is 1. The van der Waals surface area contributed by atoms with Gasteiger partial charge in [0.05, 0.1) is 5.56 Å². The van der Waals surface area contributed by atoms with Crippen LogP contribution in [0.5, 0.6) is 0 Å². The molecule has 2 atom stereocenters. The van der Waals surface area contributed by atoms with Crippen molar-refractivity contribution in [2.75, 3.05) is 0 Å². The number of carbonyl (C=O) groups is 1. The van der Waals surface area contributed by atoms with Gasteiger partial charge in [-0.05, 0) is 57.7 Å². The summed E-state index contributed by atoms with van der Waals surface area (Å²) in [5, 5.41) is 6.90. The number of amides is 1. The third-order valence-corrected chi connectivity index (χ3v) is 5.50. The molecule has 0 saturated carbocycles. The summed E-state index contributed by atoms with van der Waals surface area (Å²) in [6, 6.07) is 13.7. The first-order valence-electron chi connectivity index (χ1n) is 8.93. The van der Waals surface area contributed by atoms with Gasteiger partial charge in [-0.1, -0.05) is 18.2 Å². The van der Waals surface area contributed by atoms with E-state index in [1.807, 2.05) is 31.2 Å². The van der Waals surface area contributed by atoms with Crippen molar-refractivity contribution in [2.45, 2.75) is 57.7 Å². The summed E-state index contributed by atoms with van der Waals surface area (Å²) >= 11 is 0. The SMILES string of the molecule is Cc1cc(C(=O)NC2CC3CCC(C2)N3)c(C)n1-c1ccccc1.Cl. The van der Waals surface area contributed by atoms with Crippen molar-refractivity contribution in [3.05, 3.63) is 53.3 Å². The highest BCUT2D eigenvalue weighted by atomic mass is 35.5. The number of fused-ring (bicyclic) bond motifs is 2. The molecular formula is C20H26ClN3O. The molecule has 2 N–H and O–H groups in total. The molecule has 25 heavy (non-hydrogen) atoms. The van der Waals surface area contributed by atoms with Gasteiger partial charge in [0.1, 0.15) is 0 Å². The number of nitrogens with zero attached hydrogens (tertiary/aromatic N) is 1. The van der Waals surface area contributed by atoms with Gasteiger partial charge in [-0.3, -0.25) is 4.79 Å². The van der Waals surface area contributed by atoms with Gasteiger partial charge in [-0.15, -0.1) is 12.4 Å². The number of benzene rings is 1. The molecule has 0 aliphatic carbocycles. The molecule has 1 aromatic heterocycles. The van der Waals surface area contributed by atoms with E-state index in [2.05, 4.69) is 34.3 Å². The van der Waals surface area contributed by atoms with Crippen LogP contribution in [-0.4, -0.2) is 28.6 Å². The third kappa shape index (κ3) is 3.46. The molecule has 0 radical (unpaired) electrons. The van der Waals surface area contributed by atoms with Crippen molar-refractivity contribution >= 4 is 18.3 Å². The van der Waals surface area contributed by atoms with Gasteiger partial charge in [0.25, 0.3) is 5.91 Å². The fourth-order valence-corrected chi connectivity index (χ4v) is 4.41. The fourth-order valence-electron chi connectivity index (χ4n) is 4.41. The monoisotopic (exact) mass is 359 g/mol. The second-order valence-corrected chi connectivity index (χ2v) is 7.24. The number of hydrogen-bond donors (Lipinski definition) is 2. The summed E-state index contributed by atoms with van der Waals surface area (Å²) in [5.41, 5.74) is 4.00. The highest BCUT2D eigenvalue weighted by molar-refractivity contribution is 5.96. The minimum Gasteiger partial charge on any atom is -0.349 e. The first kappa shape index (κ1) is 18.0. The molecule has 1 aromatic carbocycles. The summed E-state index contributed by atoms with van der Waals surface area (Å²) in [4.78, 5) is 12.8. The topological polar surface area (TPSA) is 46.1 Å². The predicted molar refractivity (Wildman–Crippen MR) is 103 cm³/mol. The van der Waals surface area contributed by atoms with E-state index >= 15 is 0 Å². The Morgan fingerprint density at radius 2 is 1.76 bits per heavy atom. The van der Waals surface area contributed by atoms with E-state index in [4.69, 9.17) is 0 Å². The Hall–Kier alpha value is -1.78. The van der Waals surface area contributed by atoms with Crippen LogP contribution in [0.15, 0.2) is 36.4 Å². The van der Waals surface area contributed by atoms with Crippen molar-refractivity contribution in [2.24, 2.45) is 0 Å². The van der Waals surface area contributed by atoms with Crippen molar-refractivity contribution in [1.82, 2.24) is 15.2 Å². The first-order valence-corrected chi connectivity index (χ1v) is 8.93.